The van der Waals surface area contributed by atoms with Gasteiger partial charge in [0.05, 0.1) is 12.1 Å². The van der Waals surface area contributed by atoms with Crippen LogP contribution in [0.4, 0.5) is 0 Å². The molecule has 4 heteroatoms. The average molecular weight is 249 g/mol. The zero-order valence-corrected chi connectivity index (χ0v) is 11.0. The van der Waals surface area contributed by atoms with Crippen molar-refractivity contribution in [3.05, 3.63) is 0 Å². The van der Waals surface area contributed by atoms with Gasteiger partial charge in [0, 0.05) is 6.54 Å². The lowest BCUT2D eigenvalue weighted by molar-refractivity contribution is -0.125. The van der Waals surface area contributed by atoms with Gasteiger partial charge in [-0.05, 0) is 38.1 Å². The van der Waals surface area contributed by atoms with Crippen LogP contribution in [0.3, 0.4) is 0 Å². The van der Waals surface area contributed by atoms with Crippen LogP contribution in [0.25, 0.3) is 0 Å². The second kappa shape index (κ2) is 6.75. The predicted molar refractivity (Wildman–Crippen MR) is 69.8 cm³/mol. The topological polar surface area (TPSA) is 56.1 Å². The van der Waals surface area contributed by atoms with Crippen LogP contribution in [0.1, 0.15) is 44.9 Å². The van der Waals surface area contributed by atoms with E-state index in [9.17, 15) is 4.79 Å². The first-order chi connectivity index (χ1) is 8.81. The molecule has 0 aromatic carbocycles. The summed E-state index contributed by atoms with van der Waals surface area (Å²) in [5.41, 5.74) is 0. The molecule has 0 aromatic heterocycles. The molecule has 0 radical (unpaired) electrons. The van der Waals surface area contributed by atoms with Crippen LogP contribution in [0.15, 0.2) is 0 Å². The molecule has 2 aliphatic rings. The van der Waals surface area contributed by atoms with E-state index in [4.69, 9.17) is 5.26 Å². The van der Waals surface area contributed by atoms with E-state index < -0.39 is 0 Å². The molecule has 4 nitrogen and oxygen atoms in total. The molecular formula is C14H23N3O. The van der Waals surface area contributed by atoms with E-state index in [0.29, 0.717) is 0 Å². The maximum absolute atomic E-state index is 12.0. The molecule has 2 fully saturated rings. The van der Waals surface area contributed by atoms with Gasteiger partial charge in [0.15, 0.2) is 0 Å². The summed E-state index contributed by atoms with van der Waals surface area (Å²) >= 11 is 0. The first-order valence-corrected chi connectivity index (χ1v) is 7.20. The van der Waals surface area contributed by atoms with Crippen molar-refractivity contribution in [1.29, 1.82) is 5.26 Å². The number of nitrogens with one attached hydrogen (secondary N) is 1. The third-order valence-electron chi connectivity index (χ3n) is 4.23. The van der Waals surface area contributed by atoms with Crippen LogP contribution in [-0.4, -0.2) is 36.5 Å². The monoisotopic (exact) mass is 249 g/mol. The van der Waals surface area contributed by atoms with Gasteiger partial charge in [0.25, 0.3) is 0 Å². The molecule has 1 aliphatic heterocycles. The Morgan fingerprint density at radius 1 is 1.22 bits per heavy atom. The molecule has 1 aliphatic carbocycles. The Labute approximate surface area is 109 Å². The molecule has 2 rings (SSSR count). The van der Waals surface area contributed by atoms with Crippen molar-refractivity contribution in [2.24, 2.45) is 5.92 Å². The number of carbonyl (C=O) groups is 1. The number of hydrogen-bond donors (Lipinski definition) is 1. The zero-order chi connectivity index (χ0) is 12.8. The van der Waals surface area contributed by atoms with E-state index in [-0.39, 0.29) is 18.5 Å². The molecule has 0 spiro atoms. The molecule has 1 unspecified atom stereocenters. The van der Waals surface area contributed by atoms with E-state index in [1.54, 1.807) is 0 Å². The summed E-state index contributed by atoms with van der Waals surface area (Å²) in [7, 11) is 0. The van der Waals surface area contributed by atoms with Crippen LogP contribution in [0, 0.1) is 17.2 Å². The highest BCUT2D eigenvalue weighted by Crippen LogP contribution is 2.27. The van der Waals surface area contributed by atoms with Crippen LogP contribution in [-0.2, 0) is 4.79 Å². The van der Waals surface area contributed by atoms with E-state index in [2.05, 4.69) is 10.2 Å². The van der Waals surface area contributed by atoms with Crippen molar-refractivity contribution in [3.8, 4) is 6.07 Å². The highest BCUT2D eigenvalue weighted by molar-refractivity contribution is 5.82. The molecule has 1 amide bonds. The Hall–Kier alpha value is -1.08. The summed E-state index contributed by atoms with van der Waals surface area (Å²) in [5, 5.41) is 11.2. The molecular weight excluding hydrogens is 226 g/mol. The number of nitrogens with zero attached hydrogens (tertiary/aromatic N) is 2. The van der Waals surface area contributed by atoms with Crippen LogP contribution >= 0.6 is 0 Å². The quantitative estimate of drug-likeness (QED) is 0.771. The van der Waals surface area contributed by atoms with Gasteiger partial charge < -0.3 is 5.32 Å². The van der Waals surface area contributed by atoms with Gasteiger partial charge in [0.2, 0.25) is 5.91 Å². The summed E-state index contributed by atoms with van der Waals surface area (Å²) in [4.78, 5) is 14.3. The number of hydrogen-bond acceptors (Lipinski definition) is 3. The van der Waals surface area contributed by atoms with Crippen LogP contribution in [0.5, 0.6) is 0 Å². The Kier molecular flexibility index (Phi) is 5.00. The third-order valence-corrected chi connectivity index (χ3v) is 4.23. The molecule has 1 saturated heterocycles. The molecule has 1 saturated carbocycles. The number of nitriles is 1. The molecule has 0 bridgehead atoms. The Bertz CT molecular complexity index is 317. The highest BCUT2D eigenvalue weighted by atomic mass is 16.2. The van der Waals surface area contributed by atoms with E-state index >= 15 is 0 Å². The molecule has 100 valence electrons. The highest BCUT2D eigenvalue weighted by Gasteiger charge is 2.32. The third kappa shape index (κ3) is 3.46. The lowest BCUT2D eigenvalue weighted by atomic mass is 9.89. The van der Waals surface area contributed by atoms with Gasteiger partial charge in [0.1, 0.15) is 6.54 Å². The standard InChI is InChI=1S/C14H23N3O/c15-8-9-16-14(18)13-7-4-10-17(13)11-12-5-2-1-3-6-12/h12-13H,1-7,9-11H2,(H,16,18). The number of amides is 1. The van der Waals surface area contributed by atoms with Crippen molar-refractivity contribution in [1.82, 2.24) is 10.2 Å². The van der Waals surface area contributed by atoms with Gasteiger partial charge in [-0.3, -0.25) is 9.69 Å². The maximum Gasteiger partial charge on any atom is 0.238 e. The van der Waals surface area contributed by atoms with Gasteiger partial charge in [-0.25, -0.2) is 0 Å². The van der Waals surface area contributed by atoms with Gasteiger partial charge in [-0.2, -0.15) is 5.26 Å². The minimum atomic E-state index is 0.0141. The molecule has 18 heavy (non-hydrogen) atoms. The van der Waals surface area contributed by atoms with Crippen molar-refractivity contribution in [2.75, 3.05) is 19.6 Å². The Morgan fingerprint density at radius 3 is 2.72 bits per heavy atom. The minimum absolute atomic E-state index is 0.0141. The fourth-order valence-corrected chi connectivity index (χ4v) is 3.29. The molecule has 0 aromatic rings. The van der Waals surface area contributed by atoms with E-state index in [1.807, 2.05) is 6.07 Å². The molecule has 1 heterocycles. The largest absolute Gasteiger partial charge is 0.342 e. The zero-order valence-electron chi connectivity index (χ0n) is 11.0. The van der Waals surface area contributed by atoms with Gasteiger partial charge >= 0.3 is 0 Å². The van der Waals surface area contributed by atoms with Crippen molar-refractivity contribution in [3.63, 3.8) is 0 Å². The van der Waals surface area contributed by atoms with Crippen molar-refractivity contribution in [2.45, 2.75) is 51.0 Å². The summed E-state index contributed by atoms with van der Waals surface area (Å²) < 4.78 is 0. The number of likely N-dealkylation sites (tertiary alicyclic amines) is 1. The normalized spacial score (nSPS) is 25.8. The lowest BCUT2D eigenvalue weighted by Crippen LogP contribution is -2.45. The number of carbonyl (C=O) groups excluding carboxylic acids is 1. The SMILES string of the molecule is N#CCNC(=O)C1CCCN1CC1CCCCC1. The predicted octanol–water partition coefficient (Wildman–Crippen LogP) is 1.67. The average Bonchev–Trinajstić information content (AvgIpc) is 2.85. The summed E-state index contributed by atoms with van der Waals surface area (Å²) in [6, 6.07) is 1.98. The van der Waals surface area contributed by atoms with Crippen molar-refractivity contribution >= 4 is 5.91 Å². The Morgan fingerprint density at radius 2 is 2.00 bits per heavy atom. The van der Waals surface area contributed by atoms with Crippen molar-refractivity contribution < 1.29 is 4.79 Å². The maximum atomic E-state index is 12.0. The summed E-state index contributed by atoms with van der Waals surface area (Å²) in [6.45, 7) is 2.25. The van der Waals surface area contributed by atoms with E-state index in [0.717, 1.165) is 31.8 Å². The van der Waals surface area contributed by atoms with Crippen LogP contribution < -0.4 is 5.32 Å². The lowest BCUT2D eigenvalue weighted by Gasteiger charge is -2.30. The first-order valence-electron chi connectivity index (χ1n) is 7.20. The van der Waals surface area contributed by atoms with Crippen LogP contribution in [0.2, 0.25) is 0 Å². The minimum Gasteiger partial charge on any atom is -0.342 e. The second-order valence-electron chi connectivity index (χ2n) is 5.53. The summed E-state index contributed by atoms with van der Waals surface area (Å²) in [5.74, 6) is 0.827. The fraction of sp³-hybridized carbons (Fsp3) is 0.857. The van der Waals surface area contributed by atoms with E-state index in [1.165, 1.54) is 32.1 Å². The number of rotatable bonds is 4. The second-order valence-corrected chi connectivity index (χ2v) is 5.53. The fourth-order valence-electron chi connectivity index (χ4n) is 3.29. The molecule has 1 atom stereocenters. The molecule has 1 N–H and O–H groups in total. The van der Waals surface area contributed by atoms with Gasteiger partial charge in [-0.1, -0.05) is 19.3 Å². The first kappa shape index (κ1) is 13.4. The summed E-state index contributed by atoms with van der Waals surface area (Å²) in [6.07, 6.45) is 8.78. The Balaban J connectivity index is 1.82. The smallest absolute Gasteiger partial charge is 0.238 e. The van der Waals surface area contributed by atoms with Gasteiger partial charge in [-0.15, -0.1) is 0 Å².